The van der Waals surface area contributed by atoms with Gasteiger partial charge in [-0.15, -0.1) is 0 Å². The fourth-order valence-electron chi connectivity index (χ4n) is 2.01. The molecule has 3 N–H and O–H groups in total. The maximum Gasteiger partial charge on any atom is 0.326 e. The van der Waals surface area contributed by atoms with Gasteiger partial charge in [0.25, 0.3) is 5.91 Å². The highest BCUT2D eigenvalue weighted by atomic mass is 35.5. The van der Waals surface area contributed by atoms with Gasteiger partial charge in [-0.2, -0.15) is 5.26 Å². The number of ether oxygens (including phenoxy) is 1. The molecule has 134 valence electrons. The predicted molar refractivity (Wildman–Crippen MR) is 94.3 cm³/mol. The van der Waals surface area contributed by atoms with E-state index in [9.17, 15) is 14.7 Å². The number of carbonyl (C=O) groups is 2. The molecule has 0 bridgehead atoms. The molecule has 0 saturated carbocycles. The van der Waals surface area contributed by atoms with Crippen LogP contribution in [0.2, 0.25) is 5.02 Å². The van der Waals surface area contributed by atoms with Crippen LogP contribution in [0.4, 0.5) is 5.69 Å². The number of methoxy groups -OCH3 is 1. The number of hydrogen-bond donors (Lipinski definition) is 3. The fourth-order valence-corrected chi connectivity index (χ4v) is 2.18. The highest BCUT2D eigenvalue weighted by molar-refractivity contribution is 6.31. The zero-order valence-corrected chi connectivity index (χ0v) is 14.9. The summed E-state index contributed by atoms with van der Waals surface area (Å²) in [5.74, 6) is -1.24. The molecule has 1 rings (SSSR count). The molecule has 0 heterocycles. The van der Waals surface area contributed by atoms with Gasteiger partial charge in [-0.1, -0.05) is 25.4 Å². The van der Waals surface area contributed by atoms with Crippen LogP contribution in [-0.4, -0.2) is 30.1 Å². The van der Waals surface area contributed by atoms with Crippen LogP contribution in [0.15, 0.2) is 30.0 Å². The van der Waals surface area contributed by atoms with Gasteiger partial charge in [-0.05, 0) is 30.5 Å². The number of amides is 1. The summed E-state index contributed by atoms with van der Waals surface area (Å²) in [5, 5.41) is 23.9. The minimum Gasteiger partial charge on any atom is -0.495 e. The lowest BCUT2D eigenvalue weighted by Crippen LogP contribution is -2.35. The Balaban J connectivity index is 2.92. The number of halogens is 1. The van der Waals surface area contributed by atoms with Gasteiger partial charge in [0.15, 0.2) is 0 Å². The quantitative estimate of drug-likeness (QED) is 0.482. The van der Waals surface area contributed by atoms with E-state index in [2.05, 4.69) is 10.6 Å². The standard InChI is InChI=1S/C17H20ClN3O4/c1-10(2)6-14(17(23)24)20-9-11(8-19)16(22)21-13-7-12(18)4-5-15(13)25-3/h4-5,7,9-10,14,20H,6H2,1-3H3,(H,21,22)(H,23,24)/b11-9-. The van der Waals surface area contributed by atoms with Crippen molar-refractivity contribution in [3.8, 4) is 11.8 Å². The second kappa shape index (κ2) is 9.55. The van der Waals surface area contributed by atoms with E-state index in [1.165, 1.54) is 13.2 Å². The van der Waals surface area contributed by atoms with Gasteiger partial charge in [0.1, 0.15) is 23.4 Å². The third-order valence-corrected chi connectivity index (χ3v) is 3.44. The van der Waals surface area contributed by atoms with Gasteiger partial charge in [0.2, 0.25) is 0 Å². The molecule has 1 aromatic carbocycles. The SMILES string of the molecule is COc1ccc(Cl)cc1NC(=O)/C(C#N)=C\NC(CC(C)C)C(=O)O. The summed E-state index contributed by atoms with van der Waals surface area (Å²) >= 11 is 5.89. The monoisotopic (exact) mass is 365 g/mol. The number of carbonyl (C=O) groups excluding carboxylic acids is 1. The van der Waals surface area contributed by atoms with Gasteiger partial charge >= 0.3 is 5.97 Å². The number of nitrogens with one attached hydrogen (secondary N) is 2. The summed E-state index contributed by atoms with van der Waals surface area (Å²) in [6.45, 7) is 3.76. The minimum absolute atomic E-state index is 0.136. The maximum absolute atomic E-state index is 12.2. The smallest absolute Gasteiger partial charge is 0.326 e. The second-order valence-corrected chi connectivity index (χ2v) is 6.09. The van der Waals surface area contributed by atoms with E-state index in [1.54, 1.807) is 18.2 Å². The first-order valence-electron chi connectivity index (χ1n) is 7.52. The molecule has 1 atom stereocenters. The molecule has 0 aromatic heterocycles. The van der Waals surface area contributed by atoms with Crippen LogP contribution in [0.5, 0.6) is 5.75 Å². The first kappa shape index (κ1) is 20.3. The van der Waals surface area contributed by atoms with Crippen molar-refractivity contribution in [2.24, 2.45) is 5.92 Å². The Kier molecular flexibility index (Phi) is 7.76. The average Bonchev–Trinajstić information content (AvgIpc) is 2.54. The van der Waals surface area contributed by atoms with Gasteiger partial charge < -0.3 is 20.5 Å². The minimum atomic E-state index is -1.06. The third-order valence-electron chi connectivity index (χ3n) is 3.21. The average molecular weight is 366 g/mol. The Bertz CT molecular complexity index is 710. The molecule has 1 aromatic rings. The number of hydrogen-bond acceptors (Lipinski definition) is 5. The van der Waals surface area contributed by atoms with Crippen LogP contribution in [0.3, 0.4) is 0 Å². The summed E-state index contributed by atoms with van der Waals surface area (Å²) in [6, 6.07) is 5.51. The van der Waals surface area contributed by atoms with Crippen LogP contribution >= 0.6 is 11.6 Å². The third kappa shape index (κ3) is 6.36. The van der Waals surface area contributed by atoms with E-state index in [4.69, 9.17) is 21.6 Å². The number of nitrogens with zero attached hydrogens (tertiary/aromatic N) is 1. The van der Waals surface area contributed by atoms with Gasteiger partial charge in [-0.3, -0.25) is 4.79 Å². The van der Waals surface area contributed by atoms with Crippen molar-refractivity contribution < 1.29 is 19.4 Å². The van der Waals surface area contributed by atoms with Gasteiger partial charge in [0, 0.05) is 11.2 Å². The molecule has 0 radical (unpaired) electrons. The largest absolute Gasteiger partial charge is 0.495 e. The van der Waals surface area contributed by atoms with Crippen LogP contribution in [0, 0.1) is 17.2 Å². The molecule has 0 aliphatic carbocycles. The van der Waals surface area contributed by atoms with Gasteiger partial charge in [-0.25, -0.2) is 4.79 Å². The highest BCUT2D eigenvalue weighted by Gasteiger charge is 2.19. The van der Waals surface area contributed by atoms with Crippen molar-refractivity contribution in [2.75, 3.05) is 12.4 Å². The molecule has 25 heavy (non-hydrogen) atoms. The summed E-state index contributed by atoms with van der Waals surface area (Å²) in [4.78, 5) is 23.5. The predicted octanol–water partition coefficient (Wildman–Crippen LogP) is 2.78. The number of anilines is 1. The van der Waals surface area contributed by atoms with E-state index in [1.807, 2.05) is 13.8 Å². The number of benzene rings is 1. The van der Waals surface area contributed by atoms with Crippen molar-refractivity contribution in [2.45, 2.75) is 26.3 Å². The summed E-state index contributed by atoms with van der Waals surface area (Å²) in [6.07, 6.45) is 1.46. The Morgan fingerprint density at radius 1 is 1.44 bits per heavy atom. The van der Waals surface area contributed by atoms with E-state index in [0.717, 1.165) is 6.20 Å². The van der Waals surface area contributed by atoms with E-state index in [0.29, 0.717) is 22.9 Å². The number of nitriles is 1. The number of carboxylic acid groups (broad SMARTS) is 1. The first-order chi connectivity index (χ1) is 11.8. The van der Waals surface area contributed by atoms with Crippen molar-refractivity contribution >= 4 is 29.2 Å². The van der Waals surface area contributed by atoms with Crippen LogP contribution in [0.1, 0.15) is 20.3 Å². The normalized spacial score (nSPS) is 12.2. The lowest BCUT2D eigenvalue weighted by Gasteiger charge is -2.15. The molecule has 0 aliphatic heterocycles. The van der Waals surface area contributed by atoms with Crippen molar-refractivity contribution in [1.29, 1.82) is 5.26 Å². The summed E-state index contributed by atoms with van der Waals surface area (Å²) < 4.78 is 5.12. The maximum atomic E-state index is 12.2. The fraction of sp³-hybridized carbons (Fsp3) is 0.353. The van der Waals surface area contributed by atoms with Crippen molar-refractivity contribution in [3.63, 3.8) is 0 Å². The van der Waals surface area contributed by atoms with Crippen LogP contribution in [0.25, 0.3) is 0 Å². The molecule has 8 heteroatoms. The first-order valence-corrected chi connectivity index (χ1v) is 7.90. The molecular formula is C17H20ClN3O4. The number of carboxylic acids is 1. The van der Waals surface area contributed by atoms with Gasteiger partial charge in [0.05, 0.1) is 12.8 Å². The van der Waals surface area contributed by atoms with E-state index in [-0.39, 0.29) is 11.5 Å². The van der Waals surface area contributed by atoms with Crippen molar-refractivity contribution in [3.05, 3.63) is 35.0 Å². The number of aliphatic carboxylic acids is 1. The van der Waals surface area contributed by atoms with Crippen molar-refractivity contribution in [1.82, 2.24) is 5.32 Å². The Labute approximate surface area is 151 Å². The van der Waals surface area contributed by atoms with Crippen LogP contribution < -0.4 is 15.4 Å². The zero-order chi connectivity index (χ0) is 19.0. The molecule has 7 nitrogen and oxygen atoms in total. The lowest BCUT2D eigenvalue weighted by molar-refractivity contribution is -0.139. The molecule has 1 amide bonds. The Hall–Kier alpha value is -2.72. The lowest BCUT2D eigenvalue weighted by atomic mass is 10.0. The Morgan fingerprint density at radius 2 is 2.12 bits per heavy atom. The van der Waals surface area contributed by atoms with E-state index < -0.39 is 17.9 Å². The summed E-state index contributed by atoms with van der Waals surface area (Å²) in [5.41, 5.74) is 0.0372. The summed E-state index contributed by atoms with van der Waals surface area (Å²) in [7, 11) is 1.44. The topological polar surface area (TPSA) is 111 Å². The molecule has 0 spiro atoms. The molecular weight excluding hydrogens is 346 g/mol. The zero-order valence-electron chi connectivity index (χ0n) is 14.2. The highest BCUT2D eigenvalue weighted by Crippen LogP contribution is 2.27. The van der Waals surface area contributed by atoms with Crippen LogP contribution in [-0.2, 0) is 9.59 Å². The molecule has 1 unspecified atom stereocenters. The Morgan fingerprint density at radius 3 is 2.64 bits per heavy atom. The number of rotatable bonds is 8. The van der Waals surface area contributed by atoms with E-state index >= 15 is 0 Å². The molecule has 0 saturated heterocycles. The molecule has 0 aliphatic rings. The second-order valence-electron chi connectivity index (χ2n) is 5.66. The molecule has 0 fully saturated rings.